The van der Waals surface area contributed by atoms with Gasteiger partial charge in [0.2, 0.25) is 5.91 Å². The molecule has 1 aliphatic rings. The third kappa shape index (κ3) is 5.81. The van der Waals surface area contributed by atoms with Crippen molar-refractivity contribution in [3.8, 4) is 0 Å². The van der Waals surface area contributed by atoms with Gasteiger partial charge in [0.1, 0.15) is 5.82 Å². The van der Waals surface area contributed by atoms with Gasteiger partial charge in [0.15, 0.2) is 0 Å². The summed E-state index contributed by atoms with van der Waals surface area (Å²) >= 11 is 0. The number of halogens is 1. The lowest BCUT2D eigenvalue weighted by Gasteiger charge is -2.29. The van der Waals surface area contributed by atoms with E-state index < -0.39 is 0 Å². The number of ether oxygens (including phenoxy) is 1. The molecule has 1 heterocycles. The number of carbonyl (C=O) groups is 1. The SMILES string of the molecule is CC(CNC(=O)Cc1cccc(F)c1)CN1CCOCC1. The second-order valence-electron chi connectivity index (χ2n) is 5.63. The zero-order chi connectivity index (χ0) is 15.1. The molecule has 116 valence electrons. The van der Waals surface area contributed by atoms with Gasteiger partial charge in [-0.1, -0.05) is 19.1 Å². The van der Waals surface area contributed by atoms with Crippen LogP contribution in [0.25, 0.3) is 0 Å². The molecule has 1 amide bonds. The molecule has 1 N–H and O–H groups in total. The first-order valence-corrected chi connectivity index (χ1v) is 7.45. The van der Waals surface area contributed by atoms with Crippen LogP contribution in [0.5, 0.6) is 0 Å². The Hall–Kier alpha value is -1.46. The van der Waals surface area contributed by atoms with E-state index in [1.807, 2.05) is 0 Å². The number of benzene rings is 1. The van der Waals surface area contributed by atoms with E-state index in [4.69, 9.17) is 4.74 Å². The first-order valence-electron chi connectivity index (χ1n) is 7.45. The highest BCUT2D eigenvalue weighted by molar-refractivity contribution is 5.78. The first-order chi connectivity index (χ1) is 10.1. The molecule has 5 heteroatoms. The second-order valence-corrected chi connectivity index (χ2v) is 5.63. The molecule has 0 saturated carbocycles. The van der Waals surface area contributed by atoms with Gasteiger partial charge in [0.25, 0.3) is 0 Å². The van der Waals surface area contributed by atoms with Gasteiger partial charge in [-0.25, -0.2) is 4.39 Å². The van der Waals surface area contributed by atoms with Crippen LogP contribution in [0.4, 0.5) is 4.39 Å². The Morgan fingerprint density at radius 3 is 2.90 bits per heavy atom. The van der Waals surface area contributed by atoms with E-state index in [-0.39, 0.29) is 18.1 Å². The molecule has 21 heavy (non-hydrogen) atoms. The van der Waals surface area contributed by atoms with Gasteiger partial charge in [0.05, 0.1) is 19.6 Å². The van der Waals surface area contributed by atoms with Crippen molar-refractivity contribution in [2.75, 3.05) is 39.4 Å². The standard InChI is InChI=1S/C16H23FN2O2/c1-13(12-19-5-7-21-8-6-19)11-18-16(20)10-14-3-2-4-15(17)9-14/h2-4,9,13H,5-8,10-12H2,1H3,(H,18,20). The van der Waals surface area contributed by atoms with Gasteiger partial charge in [-0.15, -0.1) is 0 Å². The Kier molecular flexibility index (Phi) is 6.14. The monoisotopic (exact) mass is 294 g/mol. The predicted octanol–water partition coefficient (Wildman–Crippen LogP) is 1.45. The lowest BCUT2D eigenvalue weighted by Crippen LogP contribution is -2.41. The van der Waals surface area contributed by atoms with Crippen LogP contribution < -0.4 is 5.32 Å². The Morgan fingerprint density at radius 1 is 1.43 bits per heavy atom. The molecular formula is C16H23FN2O2. The van der Waals surface area contributed by atoms with Crippen LogP contribution in [0.2, 0.25) is 0 Å². The van der Waals surface area contributed by atoms with E-state index >= 15 is 0 Å². The zero-order valence-corrected chi connectivity index (χ0v) is 12.5. The number of carbonyl (C=O) groups excluding carboxylic acids is 1. The molecule has 1 fully saturated rings. The van der Waals surface area contributed by atoms with Crippen LogP contribution in [0, 0.1) is 11.7 Å². The van der Waals surface area contributed by atoms with Crippen molar-refractivity contribution in [2.45, 2.75) is 13.3 Å². The normalized spacial score (nSPS) is 17.4. The van der Waals surface area contributed by atoms with Gasteiger partial charge < -0.3 is 10.1 Å². The van der Waals surface area contributed by atoms with E-state index in [0.29, 0.717) is 18.0 Å². The maximum Gasteiger partial charge on any atom is 0.224 e. The zero-order valence-electron chi connectivity index (χ0n) is 12.5. The molecule has 1 unspecified atom stereocenters. The van der Waals surface area contributed by atoms with E-state index in [9.17, 15) is 9.18 Å². The maximum absolute atomic E-state index is 13.0. The topological polar surface area (TPSA) is 41.6 Å². The van der Waals surface area contributed by atoms with Gasteiger partial charge in [-0.2, -0.15) is 0 Å². The minimum atomic E-state index is -0.305. The highest BCUT2D eigenvalue weighted by Gasteiger charge is 2.14. The van der Waals surface area contributed by atoms with Gasteiger partial charge in [-0.05, 0) is 23.6 Å². The molecule has 0 radical (unpaired) electrons. The van der Waals surface area contributed by atoms with E-state index in [0.717, 1.165) is 32.8 Å². The van der Waals surface area contributed by atoms with Crippen LogP contribution in [0.15, 0.2) is 24.3 Å². The average Bonchev–Trinajstić information content (AvgIpc) is 2.46. The minimum Gasteiger partial charge on any atom is -0.379 e. The molecule has 0 aliphatic carbocycles. The summed E-state index contributed by atoms with van der Waals surface area (Å²) in [6.45, 7) is 7.23. The predicted molar refractivity (Wildman–Crippen MR) is 79.5 cm³/mol. The second kappa shape index (κ2) is 8.10. The van der Waals surface area contributed by atoms with Crippen LogP contribution in [-0.2, 0) is 16.0 Å². The highest BCUT2D eigenvalue weighted by Crippen LogP contribution is 2.05. The Morgan fingerprint density at radius 2 is 2.19 bits per heavy atom. The largest absolute Gasteiger partial charge is 0.379 e. The fourth-order valence-corrected chi connectivity index (χ4v) is 2.47. The van der Waals surface area contributed by atoms with Crippen molar-refractivity contribution in [3.63, 3.8) is 0 Å². The summed E-state index contributed by atoms with van der Waals surface area (Å²) < 4.78 is 18.4. The van der Waals surface area contributed by atoms with Crippen molar-refractivity contribution >= 4 is 5.91 Å². The molecule has 0 spiro atoms. The van der Waals surface area contributed by atoms with Crippen molar-refractivity contribution in [1.29, 1.82) is 0 Å². The van der Waals surface area contributed by atoms with Crippen molar-refractivity contribution < 1.29 is 13.9 Å². The summed E-state index contributed by atoms with van der Waals surface area (Å²) in [5.41, 5.74) is 0.702. The minimum absolute atomic E-state index is 0.0607. The summed E-state index contributed by atoms with van der Waals surface area (Å²) in [7, 11) is 0. The number of rotatable bonds is 6. The molecule has 1 aliphatic heterocycles. The first kappa shape index (κ1) is 15.9. The Bertz CT molecular complexity index is 461. The maximum atomic E-state index is 13.0. The molecular weight excluding hydrogens is 271 g/mol. The Balaban J connectivity index is 1.68. The molecule has 1 aromatic carbocycles. The summed E-state index contributed by atoms with van der Waals surface area (Å²) in [4.78, 5) is 14.2. The highest BCUT2D eigenvalue weighted by atomic mass is 19.1. The molecule has 0 aromatic heterocycles. The number of hydrogen-bond donors (Lipinski definition) is 1. The Labute approximate surface area is 125 Å². The summed E-state index contributed by atoms with van der Waals surface area (Å²) in [6.07, 6.45) is 0.224. The molecule has 1 atom stereocenters. The number of nitrogens with zero attached hydrogens (tertiary/aromatic N) is 1. The van der Waals surface area contributed by atoms with Gasteiger partial charge in [0, 0.05) is 26.2 Å². The van der Waals surface area contributed by atoms with Gasteiger partial charge >= 0.3 is 0 Å². The fraction of sp³-hybridized carbons (Fsp3) is 0.562. The van der Waals surface area contributed by atoms with Crippen LogP contribution in [-0.4, -0.2) is 50.2 Å². The third-order valence-corrected chi connectivity index (χ3v) is 3.57. The molecule has 2 rings (SSSR count). The van der Waals surface area contributed by atoms with Crippen LogP contribution >= 0.6 is 0 Å². The summed E-state index contributed by atoms with van der Waals surface area (Å²) in [5, 5.41) is 2.92. The fourth-order valence-electron chi connectivity index (χ4n) is 2.47. The quantitative estimate of drug-likeness (QED) is 0.863. The van der Waals surface area contributed by atoms with E-state index in [1.54, 1.807) is 12.1 Å². The van der Waals surface area contributed by atoms with E-state index in [2.05, 4.69) is 17.1 Å². The summed E-state index contributed by atoms with van der Waals surface area (Å²) in [5.74, 6) is 0.0231. The van der Waals surface area contributed by atoms with Gasteiger partial charge in [-0.3, -0.25) is 9.69 Å². The summed E-state index contributed by atoms with van der Waals surface area (Å²) in [6, 6.07) is 6.17. The molecule has 0 bridgehead atoms. The smallest absolute Gasteiger partial charge is 0.224 e. The number of amides is 1. The van der Waals surface area contributed by atoms with Crippen LogP contribution in [0.3, 0.4) is 0 Å². The van der Waals surface area contributed by atoms with E-state index in [1.165, 1.54) is 12.1 Å². The number of nitrogens with one attached hydrogen (secondary N) is 1. The number of morpholine rings is 1. The van der Waals surface area contributed by atoms with Crippen molar-refractivity contribution in [1.82, 2.24) is 10.2 Å². The van der Waals surface area contributed by atoms with Crippen molar-refractivity contribution in [2.24, 2.45) is 5.92 Å². The lowest BCUT2D eigenvalue weighted by molar-refractivity contribution is -0.120. The number of hydrogen-bond acceptors (Lipinski definition) is 3. The average molecular weight is 294 g/mol. The van der Waals surface area contributed by atoms with Crippen LogP contribution in [0.1, 0.15) is 12.5 Å². The third-order valence-electron chi connectivity index (χ3n) is 3.57. The molecule has 1 saturated heterocycles. The molecule has 4 nitrogen and oxygen atoms in total. The lowest BCUT2D eigenvalue weighted by atomic mass is 10.1. The molecule has 1 aromatic rings. The van der Waals surface area contributed by atoms with Crippen molar-refractivity contribution in [3.05, 3.63) is 35.6 Å².